The van der Waals surface area contributed by atoms with Crippen LogP contribution in [0.15, 0.2) is 40.5 Å². The van der Waals surface area contributed by atoms with Gasteiger partial charge in [-0.1, -0.05) is 77.8 Å². The van der Waals surface area contributed by atoms with Gasteiger partial charge in [-0.15, -0.1) is 0 Å². The Kier molecular flexibility index (Phi) is 18.1. The molecule has 1 aromatic rings. The number of nitrogens with two attached hydrogens (primary N) is 1. The first-order valence-corrected chi connectivity index (χ1v) is 10.4. The molecule has 1 fully saturated rings. The van der Waals surface area contributed by atoms with Gasteiger partial charge >= 0.3 is 0 Å². The quantitative estimate of drug-likeness (QED) is 0.659. The van der Waals surface area contributed by atoms with Crippen LogP contribution in [0, 0.1) is 0 Å². The zero-order chi connectivity index (χ0) is 21.2. The van der Waals surface area contributed by atoms with Crippen LogP contribution < -0.4 is 11.1 Å². The van der Waals surface area contributed by atoms with E-state index in [4.69, 9.17) is 17.3 Å². The summed E-state index contributed by atoms with van der Waals surface area (Å²) in [7, 11) is 0. The Hall–Kier alpha value is -1.65. The molecule has 1 aromatic carbocycles. The number of allylic oxidation sites excluding steroid dienone is 1. The molecule has 154 valence electrons. The Morgan fingerprint density at radius 2 is 1.74 bits per heavy atom. The molecule has 0 radical (unpaired) electrons. The number of rotatable bonds is 3. The molecule has 0 unspecified atom stereocenters. The molecule has 0 aliphatic carbocycles. The maximum absolute atomic E-state index is 11.4. The summed E-state index contributed by atoms with van der Waals surface area (Å²) in [6, 6.07) is 7.61. The van der Waals surface area contributed by atoms with Gasteiger partial charge in [0.1, 0.15) is 0 Å². The Morgan fingerprint density at radius 3 is 2.26 bits per heavy atom. The molecule has 1 saturated heterocycles. The van der Waals surface area contributed by atoms with Crippen LogP contribution in [0.4, 0.5) is 0 Å². The average Bonchev–Trinajstić information content (AvgIpc) is 2.70. The van der Waals surface area contributed by atoms with E-state index in [0.29, 0.717) is 23.8 Å². The number of hydrogen-bond acceptors (Lipinski definition) is 4. The molecule has 0 atom stereocenters. The molecule has 27 heavy (non-hydrogen) atoms. The Balaban J connectivity index is 0. The van der Waals surface area contributed by atoms with Crippen LogP contribution in [0.2, 0.25) is 5.02 Å². The minimum Gasteiger partial charge on any atom is -0.396 e. The fourth-order valence-electron chi connectivity index (χ4n) is 2.13. The number of Topliss-reactive ketones (excluding diaryl/α,β-unsaturated/α-hetero) is 1. The fraction of sp³-hybridized carbons (Fsp3) is 0.545. The SMILES string of the molecule is CC.CC.CC(=O)/C(N)=C1\CCNCC1=NCc1ccccc1Cl.CCC. The molecular formula is C22H38ClN3O. The van der Waals surface area contributed by atoms with Gasteiger partial charge in [0.25, 0.3) is 0 Å². The number of nitrogens with one attached hydrogen (secondary N) is 1. The summed E-state index contributed by atoms with van der Waals surface area (Å²) in [6.45, 7) is 15.7. The van der Waals surface area contributed by atoms with E-state index in [1.165, 1.54) is 13.3 Å². The number of carbonyl (C=O) groups excluding carboxylic acids is 1. The summed E-state index contributed by atoms with van der Waals surface area (Å²) >= 11 is 6.12. The zero-order valence-corrected chi connectivity index (χ0v) is 18.9. The highest BCUT2D eigenvalue weighted by Crippen LogP contribution is 2.18. The molecular weight excluding hydrogens is 358 g/mol. The van der Waals surface area contributed by atoms with Crippen molar-refractivity contribution >= 4 is 23.1 Å². The Labute approximate surface area is 171 Å². The lowest BCUT2D eigenvalue weighted by atomic mass is 9.99. The number of benzene rings is 1. The van der Waals surface area contributed by atoms with Crippen LogP contribution in [0.1, 0.15) is 66.9 Å². The van der Waals surface area contributed by atoms with E-state index in [1.807, 2.05) is 52.0 Å². The van der Waals surface area contributed by atoms with E-state index in [2.05, 4.69) is 24.2 Å². The van der Waals surface area contributed by atoms with E-state index in [9.17, 15) is 4.79 Å². The Morgan fingerprint density at radius 1 is 1.19 bits per heavy atom. The fourth-order valence-corrected chi connectivity index (χ4v) is 2.33. The van der Waals surface area contributed by atoms with Crippen molar-refractivity contribution in [2.45, 2.75) is 67.9 Å². The monoisotopic (exact) mass is 395 g/mol. The number of hydrogen-bond donors (Lipinski definition) is 2. The van der Waals surface area contributed by atoms with Crippen LogP contribution in [-0.4, -0.2) is 24.6 Å². The number of carbonyl (C=O) groups is 1. The molecule has 0 aromatic heterocycles. The second-order valence-electron chi connectivity index (χ2n) is 5.44. The predicted molar refractivity (Wildman–Crippen MR) is 121 cm³/mol. The molecule has 3 N–H and O–H groups in total. The van der Waals surface area contributed by atoms with Crippen molar-refractivity contribution in [2.24, 2.45) is 10.7 Å². The number of aliphatic imine (C=N–C) groups is 1. The molecule has 5 heteroatoms. The van der Waals surface area contributed by atoms with Gasteiger partial charge in [0.15, 0.2) is 5.78 Å². The van der Waals surface area contributed by atoms with Crippen molar-refractivity contribution in [3.63, 3.8) is 0 Å². The lowest BCUT2D eigenvalue weighted by molar-refractivity contribution is -0.113. The summed E-state index contributed by atoms with van der Waals surface area (Å²) in [5, 5.41) is 3.94. The minimum atomic E-state index is -0.104. The van der Waals surface area contributed by atoms with Gasteiger partial charge in [0, 0.05) is 24.1 Å². The first-order valence-electron chi connectivity index (χ1n) is 9.98. The standard InChI is InChI=1S/C15H18ClN3O.C3H8.2C2H6/c1-10(20)15(17)12-6-7-18-9-14(12)19-8-11-4-2-3-5-13(11)16;1-3-2;2*1-2/h2-5,18H,6-9,17H2,1H3;3H2,1-2H3;2*1-2H3/b15-12-,19-14?;;;. The molecule has 2 rings (SSSR count). The second kappa shape index (κ2) is 17.7. The second-order valence-corrected chi connectivity index (χ2v) is 5.84. The lowest BCUT2D eigenvalue weighted by Crippen LogP contribution is -2.34. The van der Waals surface area contributed by atoms with E-state index in [0.717, 1.165) is 29.8 Å². The van der Waals surface area contributed by atoms with Crippen LogP contribution >= 0.6 is 11.6 Å². The first kappa shape index (κ1) is 27.6. The van der Waals surface area contributed by atoms with Crippen molar-refractivity contribution in [2.75, 3.05) is 13.1 Å². The van der Waals surface area contributed by atoms with Gasteiger partial charge in [-0.25, -0.2) is 0 Å². The smallest absolute Gasteiger partial charge is 0.175 e. The molecule has 1 aliphatic heterocycles. The molecule has 4 nitrogen and oxygen atoms in total. The van der Waals surface area contributed by atoms with Crippen molar-refractivity contribution in [1.82, 2.24) is 5.32 Å². The van der Waals surface area contributed by atoms with Crippen molar-refractivity contribution in [1.29, 1.82) is 0 Å². The third-order valence-electron chi connectivity index (χ3n) is 3.30. The number of nitrogens with zero attached hydrogens (tertiary/aromatic N) is 1. The number of ketones is 1. The highest BCUT2D eigenvalue weighted by Gasteiger charge is 2.18. The lowest BCUT2D eigenvalue weighted by Gasteiger charge is -2.20. The van der Waals surface area contributed by atoms with Gasteiger partial charge in [-0.3, -0.25) is 9.79 Å². The molecule has 0 amide bonds. The van der Waals surface area contributed by atoms with Crippen LogP contribution in [-0.2, 0) is 11.3 Å². The summed E-state index contributed by atoms with van der Waals surface area (Å²) in [5.41, 5.74) is 8.88. The zero-order valence-electron chi connectivity index (χ0n) is 18.2. The summed E-state index contributed by atoms with van der Waals surface area (Å²) in [6.07, 6.45) is 1.98. The largest absolute Gasteiger partial charge is 0.396 e. The normalized spacial score (nSPS) is 15.9. The topological polar surface area (TPSA) is 67.5 Å². The van der Waals surface area contributed by atoms with Crippen molar-refractivity contribution in [3.8, 4) is 0 Å². The van der Waals surface area contributed by atoms with Gasteiger partial charge < -0.3 is 11.1 Å². The summed E-state index contributed by atoms with van der Waals surface area (Å²) < 4.78 is 0. The van der Waals surface area contributed by atoms with Gasteiger partial charge in [-0.2, -0.15) is 0 Å². The van der Waals surface area contributed by atoms with Gasteiger partial charge in [0.05, 0.1) is 18.0 Å². The third-order valence-corrected chi connectivity index (χ3v) is 3.66. The predicted octanol–water partition coefficient (Wildman–Crippen LogP) is 5.54. The maximum Gasteiger partial charge on any atom is 0.175 e. The van der Waals surface area contributed by atoms with E-state index >= 15 is 0 Å². The highest BCUT2D eigenvalue weighted by atomic mass is 35.5. The minimum absolute atomic E-state index is 0.104. The highest BCUT2D eigenvalue weighted by molar-refractivity contribution is 6.31. The van der Waals surface area contributed by atoms with Gasteiger partial charge in [-0.05, 0) is 24.6 Å². The maximum atomic E-state index is 11.4. The average molecular weight is 396 g/mol. The van der Waals surface area contributed by atoms with Crippen LogP contribution in [0.5, 0.6) is 0 Å². The van der Waals surface area contributed by atoms with Crippen molar-refractivity contribution < 1.29 is 4.79 Å². The van der Waals surface area contributed by atoms with E-state index in [-0.39, 0.29) is 5.78 Å². The van der Waals surface area contributed by atoms with Crippen LogP contribution in [0.25, 0.3) is 0 Å². The van der Waals surface area contributed by atoms with E-state index < -0.39 is 0 Å². The summed E-state index contributed by atoms with van der Waals surface area (Å²) in [5.74, 6) is -0.104. The van der Waals surface area contributed by atoms with E-state index in [1.54, 1.807) is 0 Å². The third kappa shape index (κ3) is 10.9. The molecule has 0 bridgehead atoms. The first-order chi connectivity index (χ1) is 13.0. The molecule has 0 spiro atoms. The van der Waals surface area contributed by atoms with Gasteiger partial charge in [0.2, 0.25) is 0 Å². The van der Waals surface area contributed by atoms with Crippen molar-refractivity contribution in [3.05, 3.63) is 46.1 Å². The molecule has 1 heterocycles. The molecule has 0 saturated carbocycles. The number of piperidine rings is 1. The summed E-state index contributed by atoms with van der Waals surface area (Å²) in [4.78, 5) is 16.0. The molecule has 1 aliphatic rings. The van der Waals surface area contributed by atoms with Crippen LogP contribution in [0.3, 0.4) is 0 Å². The Bertz CT molecular complexity index is 595. The number of halogens is 1.